The lowest BCUT2D eigenvalue weighted by Gasteiger charge is -2.52. The number of nitro benzene ring substituents is 1. The first kappa shape index (κ1) is 27.4. The van der Waals surface area contributed by atoms with Crippen LogP contribution in [0.3, 0.4) is 0 Å². The summed E-state index contributed by atoms with van der Waals surface area (Å²) in [5, 5.41) is 18.5. The van der Waals surface area contributed by atoms with E-state index in [0.29, 0.717) is 35.3 Å². The number of nitrogens with one attached hydrogen (secondary N) is 2. The van der Waals surface area contributed by atoms with Gasteiger partial charge in [-0.1, -0.05) is 12.8 Å². The van der Waals surface area contributed by atoms with E-state index in [2.05, 4.69) is 25.3 Å². The van der Waals surface area contributed by atoms with Gasteiger partial charge in [-0.2, -0.15) is 0 Å². The molecule has 2 saturated heterocycles. The first-order chi connectivity index (χ1) is 19.7. The zero-order valence-corrected chi connectivity index (χ0v) is 22.3. The third-order valence-electron chi connectivity index (χ3n) is 8.55. The van der Waals surface area contributed by atoms with Gasteiger partial charge in [0, 0.05) is 54.1 Å². The Morgan fingerprint density at radius 3 is 2.39 bits per heavy atom. The van der Waals surface area contributed by atoms with Crippen LogP contribution in [-0.2, 0) is 0 Å². The maximum atomic E-state index is 12.5. The lowest BCUT2D eigenvalue weighted by atomic mass is 9.75. The number of benzene rings is 2. The molecular weight excluding hydrogens is 539 g/mol. The van der Waals surface area contributed by atoms with E-state index in [9.17, 15) is 23.3 Å². The van der Waals surface area contributed by atoms with Crippen molar-refractivity contribution in [3.63, 3.8) is 0 Å². The molecule has 7 rings (SSSR count). The Morgan fingerprint density at radius 2 is 1.71 bits per heavy atom. The molecule has 2 saturated carbocycles. The van der Waals surface area contributed by atoms with Crippen molar-refractivity contribution in [3.05, 3.63) is 64.8 Å². The van der Waals surface area contributed by atoms with Crippen molar-refractivity contribution in [2.45, 2.75) is 75.5 Å². The van der Waals surface area contributed by atoms with Gasteiger partial charge in [-0.15, -0.1) is 13.2 Å². The van der Waals surface area contributed by atoms with E-state index in [4.69, 9.17) is 4.42 Å². The van der Waals surface area contributed by atoms with Crippen LogP contribution in [0.2, 0.25) is 0 Å². The average Bonchev–Trinajstić information content (AvgIpc) is 3.42. The van der Waals surface area contributed by atoms with Gasteiger partial charge in [-0.3, -0.25) is 10.1 Å². The Morgan fingerprint density at radius 1 is 0.976 bits per heavy atom. The highest BCUT2D eigenvalue weighted by atomic mass is 19.4. The number of hydrogen-bond acceptors (Lipinski definition) is 8. The fraction of sp³-hybridized carbons (Fsp3) is 0.483. The maximum Gasteiger partial charge on any atom is 0.573 e. The van der Waals surface area contributed by atoms with Crippen LogP contribution in [0.1, 0.15) is 44.9 Å². The van der Waals surface area contributed by atoms with Crippen molar-refractivity contribution >= 4 is 17.4 Å². The Bertz CT molecular complexity index is 1350. The van der Waals surface area contributed by atoms with E-state index >= 15 is 0 Å². The number of piperidine rings is 2. The SMILES string of the molecule is O=[N+]([O-])c1ccc(N2CC3CCC2[C@@H](NC2CCCCC2Nc2ncc(-c4ccc(OC(F)(F)F)cc4)o2)C3)cc1. The summed E-state index contributed by atoms with van der Waals surface area (Å²) >= 11 is 0. The Balaban J connectivity index is 1.11. The number of nitro groups is 1. The normalized spacial score (nSPS) is 26.1. The maximum absolute atomic E-state index is 12.5. The number of nitrogens with zero attached hydrogens (tertiary/aromatic N) is 3. The number of oxazole rings is 1. The number of alkyl halides is 3. The van der Waals surface area contributed by atoms with Crippen molar-refractivity contribution in [2.24, 2.45) is 5.92 Å². The molecule has 218 valence electrons. The molecule has 0 radical (unpaired) electrons. The van der Waals surface area contributed by atoms with Crippen molar-refractivity contribution in [3.8, 4) is 17.1 Å². The molecule has 5 atom stereocenters. The van der Waals surface area contributed by atoms with Crippen LogP contribution in [-0.4, -0.2) is 47.0 Å². The molecule has 1 aromatic heterocycles. The van der Waals surface area contributed by atoms with Crippen molar-refractivity contribution in [1.82, 2.24) is 10.3 Å². The summed E-state index contributed by atoms with van der Waals surface area (Å²) in [6.45, 7) is 0.968. The summed E-state index contributed by atoms with van der Waals surface area (Å²) in [5.74, 6) is 0.735. The summed E-state index contributed by atoms with van der Waals surface area (Å²) in [7, 11) is 0. The van der Waals surface area contributed by atoms with Crippen molar-refractivity contribution in [2.75, 3.05) is 16.8 Å². The van der Waals surface area contributed by atoms with E-state index in [1.54, 1.807) is 18.3 Å². The number of aromatic nitrogens is 1. The third-order valence-corrected chi connectivity index (χ3v) is 8.55. The minimum Gasteiger partial charge on any atom is -0.424 e. The summed E-state index contributed by atoms with van der Waals surface area (Å²) in [6.07, 6.45) is 4.42. The summed E-state index contributed by atoms with van der Waals surface area (Å²) in [4.78, 5) is 17.5. The lowest BCUT2D eigenvalue weighted by molar-refractivity contribution is -0.384. The highest BCUT2D eigenvalue weighted by molar-refractivity contribution is 5.58. The van der Waals surface area contributed by atoms with E-state index < -0.39 is 6.36 Å². The number of fused-ring (bicyclic) bond motifs is 3. The van der Waals surface area contributed by atoms with Gasteiger partial charge in [-0.25, -0.2) is 4.98 Å². The monoisotopic (exact) mass is 571 g/mol. The number of non-ortho nitro benzene ring substituents is 1. The van der Waals surface area contributed by atoms with Crippen molar-refractivity contribution < 1.29 is 27.2 Å². The molecule has 0 amide bonds. The highest BCUT2D eigenvalue weighted by Crippen LogP contribution is 2.39. The molecule has 4 fully saturated rings. The van der Waals surface area contributed by atoms with Gasteiger partial charge in [0.25, 0.3) is 11.7 Å². The topological polar surface area (TPSA) is 106 Å². The highest BCUT2D eigenvalue weighted by Gasteiger charge is 2.42. The molecule has 41 heavy (non-hydrogen) atoms. The Kier molecular flexibility index (Phi) is 7.50. The van der Waals surface area contributed by atoms with E-state index in [-0.39, 0.29) is 28.4 Å². The van der Waals surface area contributed by atoms with E-state index in [0.717, 1.165) is 50.8 Å². The predicted octanol–water partition coefficient (Wildman–Crippen LogP) is 6.52. The lowest BCUT2D eigenvalue weighted by Crippen LogP contribution is -2.63. The first-order valence-corrected chi connectivity index (χ1v) is 14.1. The molecule has 2 aliphatic carbocycles. The standard InChI is InChI=1S/C29H32F3N5O4/c30-29(31,32)41-22-12-6-19(7-13-22)27-16-33-28(40-27)35-24-4-2-1-3-23(24)34-25-15-18-5-14-26(25)36(17-18)20-8-10-21(11-9-20)37(38)39/h6-13,16,18,23-26,34H,1-5,14-15,17H2,(H,33,35)/t18?,23?,24?,25-,26?/m0/s1. The molecule has 2 aromatic carbocycles. The van der Waals surface area contributed by atoms with Gasteiger partial charge < -0.3 is 24.7 Å². The summed E-state index contributed by atoms with van der Waals surface area (Å²) in [6, 6.07) is 13.7. The largest absolute Gasteiger partial charge is 0.573 e. The van der Waals surface area contributed by atoms with Crippen LogP contribution in [0.25, 0.3) is 11.3 Å². The Hall–Kier alpha value is -3.80. The molecule has 12 heteroatoms. The van der Waals surface area contributed by atoms with E-state index in [1.165, 1.54) is 30.7 Å². The van der Waals surface area contributed by atoms with Gasteiger partial charge >= 0.3 is 6.36 Å². The minimum atomic E-state index is -4.74. The smallest absolute Gasteiger partial charge is 0.424 e. The number of hydrogen-bond donors (Lipinski definition) is 2. The van der Waals surface area contributed by atoms with E-state index in [1.807, 2.05) is 12.1 Å². The third kappa shape index (κ3) is 6.27. The minimum absolute atomic E-state index is 0.101. The number of rotatable bonds is 8. The average molecular weight is 572 g/mol. The second-order valence-corrected chi connectivity index (χ2v) is 11.2. The summed E-state index contributed by atoms with van der Waals surface area (Å²) < 4.78 is 47.3. The molecule has 4 unspecified atom stereocenters. The second kappa shape index (κ2) is 11.2. The molecular formula is C29H32F3N5O4. The zero-order chi connectivity index (χ0) is 28.6. The van der Waals surface area contributed by atoms with Crippen LogP contribution >= 0.6 is 0 Å². The molecule has 2 aliphatic heterocycles. The molecule has 3 heterocycles. The molecule has 0 spiro atoms. The van der Waals surface area contributed by atoms with Crippen molar-refractivity contribution in [1.29, 1.82) is 0 Å². The zero-order valence-electron chi connectivity index (χ0n) is 22.3. The summed E-state index contributed by atoms with van der Waals surface area (Å²) in [5.41, 5.74) is 1.73. The molecule has 4 aliphatic rings. The number of anilines is 2. The number of ether oxygens (including phenoxy) is 1. The van der Waals surface area contributed by atoms with Gasteiger partial charge in [0.05, 0.1) is 11.1 Å². The molecule has 2 N–H and O–H groups in total. The van der Waals surface area contributed by atoms with Crippen LogP contribution in [0.15, 0.2) is 59.1 Å². The fourth-order valence-electron chi connectivity index (χ4n) is 6.67. The molecule has 2 bridgehead atoms. The molecule has 3 aromatic rings. The fourth-order valence-corrected chi connectivity index (χ4v) is 6.67. The van der Waals surface area contributed by atoms with Gasteiger partial charge in [0.15, 0.2) is 5.76 Å². The van der Waals surface area contributed by atoms with Crippen LogP contribution in [0, 0.1) is 16.0 Å². The number of halogens is 3. The van der Waals surface area contributed by atoms with Gasteiger partial charge in [-0.05, 0) is 74.4 Å². The van der Waals surface area contributed by atoms with Crippen LogP contribution in [0.4, 0.5) is 30.6 Å². The molecule has 9 nitrogen and oxygen atoms in total. The second-order valence-electron chi connectivity index (χ2n) is 11.2. The van der Waals surface area contributed by atoms with Gasteiger partial charge in [0.1, 0.15) is 5.75 Å². The quantitative estimate of drug-likeness (QED) is 0.233. The van der Waals surface area contributed by atoms with Gasteiger partial charge in [0.2, 0.25) is 0 Å². The first-order valence-electron chi connectivity index (χ1n) is 14.1. The predicted molar refractivity (Wildman–Crippen MR) is 147 cm³/mol. The Labute approximate surface area is 235 Å². The van der Waals surface area contributed by atoms with Crippen LogP contribution < -0.4 is 20.3 Å². The van der Waals surface area contributed by atoms with Crippen LogP contribution in [0.5, 0.6) is 5.75 Å².